The monoisotopic (exact) mass is 390 g/mol. The van der Waals surface area contributed by atoms with E-state index >= 15 is 0 Å². The summed E-state index contributed by atoms with van der Waals surface area (Å²) in [7, 11) is 0. The van der Waals surface area contributed by atoms with Crippen molar-refractivity contribution in [1.29, 1.82) is 0 Å². The number of esters is 1. The van der Waals surface area contributed by atoms with Crippen LogP contribution >= 0.6 is 0 Å². The van der Waals surface area contributed by atoms with Crippen molar-refractivity contribution in [3.05, 3.63) is 12.2 Å². The van der Waals surface area contributed by atoms with E-state index in [0.717, 1.165) is 19.3 Å². The Morgan fingerprint density at radius 3 is 1.74 bits per heavy atom. The van der Waals surface area contributed by atoms with Crippen LogP contribution in [0.1, 0.15) is 110 Å². The Labute approximate surface area is 188 Å². The second-order valence-electron chi connectivity index (χ2n) is 7.03. The minimum Gasteiger partial charge on any atom is -0.550 e. The number of rotatable bonds is 19. The zero-order valence-electron chi connectivity index (χ0n) is 17.8. The van der Waals surface area contributed by atoms with Crippen LogP contribution in [-0.2, 0) is 14.3 Å². The Balaban J connectivity index is 0. The van der Waals surface area contributed by atoms with E-state index in [0.29, 0.717) is 6.61 Å². The zero-order valence-corrected chi connectivity index (χ0v) is 19.8. The van der Waals surface area contributed by atoms with E-state index in [1.54, 1.807) is 0 Å². The number of carboxylic acid groups (broad SMARTS) is 1. The summed E-state index contributed by atoms with van der Waals surface area (Å²) in [5, 5.41) is 10.2. The molecular weight excluding hydrogens is 351 g/mol. The molecule has 152 valence electrons. The van der Waals surface area contributed by atoms with Crippen LogP contribution in [0.4, 0.5) is 0 Å². The summed E-state index contributed by atoms with van der Waals surface area (Å²) in [5.74, 6) is -1.65. The first-order valence-corrected chi connectivity index (χ1v) is 10.7. The molecule has 0 rings (SSSR count). The second kappa shape index (κ2) is 23.7. The van der Waals surface area contributed by atoms with Crippen molar-refractivity contribution in [2.45, 2.75) is 110 Å². The van der Waals surface area contributed by atoms with Crippen molar-refractivity contribution in [2.24, 2.45) is 0 Å². The van der Waals surface area contributed by atoms with Gasteiger partial charge in [0.05, 0.1) is 13.0 Å². The van der Waals surface area contributed by atoms with Crippen LogP contribution in [0.2, 0.25) is 0 Å². The molecule has 5 heteroatoms. The SMILES string of the molecule is CCCCCCCC/C=C\CCCCCCCCOC(=O)CCC(=O)[O-].[Na+]. The topological polar surface area (TPSA) is 66.4 Å². The van der Waals surface area contributed by atoms with Crippen LogP contribution in [0.5, 0.6) is 0 Å². The third kappa shape index (κ3) is 25.7. The van der Waals surface area contributed by atoms with Gasteiger partial charge in [-0.3, -0.25) is 4.79 Å². The molecule has 0 radical (unpaired) electrons. The Hall–Kier alpha value is -0.320. The fourth-order valence-corrected chi connectivity index (χ4v) is 2.81. The predicted octanol–water partition coefficient (Wildman–Crippen LogP) is 2.10. The Bertz CT molecular complexity index is 369. The third-order valence-corrected chi connectivity index (χ3v) is 4.45. The summed E-state index contributed by atoms with van der Waals surface area (Å²) >= 11 is 0. The van der Waals surface area contributed by atoms with Crippen LogP contribution in [0.15, 0.2) is 12.2 Å². The maximum absolute atomic E-state index is 11.2. The molecule has 0 aliphatic heterocycles. The van der Waals surface area contributed by atoms with Crippen LogP contribution in [0.3, 0.4) is 0 Å². The first-order chi connectivity index (χ1) is 12.7. The minimum atomic E-state index is -1.21. The van der Waals surface area contributed by atoms with Gasteiger partial charge in [0.2, 0.25) is 0 Å². The van der Waals surface area contributed by atoms with Crippen LogP contribution in [0.25, 0.3) is 0 Å². The average molecular weight is 391 g/mol. The van der Waals surface area contributed by atoms with Crippen molar-refractivity contribution in [3.8, 4) is 0 Å². The first-order valence-electron chi connectivity index (χ1n) is 10.7. The predicted molar refractivity (Wildman–Crippen MR) is 105 cm³/mol. The number of allylic oxidation sites excluding steroid dienone is 2. The molecule has 0 aliphatic carbocycles. The van der Waals surface area contributed by atoms with Crippen LogP contribution in [0, 0.1) is 0 Å². The minimum absolute atomic E-state index is 0. The van der Waals surface area contributed by atoms with E-state index in [2.05, 4.69) is 19.1 Å². The maximum atomic E-state index is 11.2. The van der Waals surface area contributed by atoms with Gasteiger partial charge < -0.3 is 14.6 Å². The van der Waals surface area contributed by atoms with Gasteiger partial charge in [0, 0.05) is 5.97 Å². The van der Waals surface area contributed by atoms with E-state index in [9.17, 15) is 14.7 Å². The van der Waals surface area contributed by atoms with Crippen molar-refractivity contribution >= 4 is 11.9 Å². The Morgan fingerprint density at radius 1 is 0.741 bits per heavy atom. The summed E-state index contributed by atoms with van der Waals surface area (Å²) in [6.45, 7) is 2.65. The zero-order chi connectivity index (χ0) is 19.3. The fraction of sp³-hybridized carbons (Fsp3) is 0.818. The summed E-state index contributed by atoms with van der Waals surface area (Å²) in [5.41, 5.74) is 0. The molecule has 0 heterocycles. The molecular formula is C22H39NaO4. The van der Waals surface area contributed by atoms with E-state index in [-0.39, 0.29) is 42.4 Å². The molecule has 0 aromatic carbocycles. The van der Waals surface area contributed by atoms with E-state index in [1.165, 1.54) is 70.6 Å². The van der Waals surface area contributed by atoms with Crippen molar-refractivity contribution in [1.82, 2.24) is 0 Å². The van der Waals surface area contributed by atoms with Gasteiger partial charge in [-0.05, 0) is 38.5 Å². The summed E-state index contributed by atoms with van der Waals surface area (Å²) in [6, 6.07) is 0. The number of carbonyl (C=O) groups excluding carboxylic acids is 2. The fourth-order valence-electron chi connectivity index (χ4n) is 2.81. The summed E-state index contributed by atoms with van der Waals surface area (Å²) in [6.07, 6.45) is 21.7. The molecule has 0 N–H and O–H groups in total. The van der Waals surface area contributed by atoms with Crippen LogP contribution in [-0.4, -0.2) is 18.5 Å². The van der Waals surface area contributed by atoms with Gasteiger partial charge in [-0.2, -0.15) is 0 Å². The van der Waals surface area contributed by atoms with Gasteiger partial charge in [0.15, 0.2) is 0 Å². The van der Waals surface area contributed by atoms with Crippen molar-refractivity contribution in [3.63, 3.8) is 0 Å². The van der Waals surface area contributed by atoms with Gasteiger partial charge in [0.1, 0.15) is 0 Å². The number of aliphatic carboxylic acids is 1. The first kappa shape index (κ1) is 28.9. The van der Waals surface area contributed by atoms with Gasteiger partial charge in [-0.15, -0.1) is 0 Å². The number of ether oxygens (including phenoxy) is 1. The normalized spacial score (nSPS) is 10.7. The van der Waals surface area contributed by atoms with Crippen molar-refractivity contribution < 1.29 is 49.0 Å². The molecule has 0 saturated carbocycles. The molecule has 0 bridgehead atoms. The molecule has 0 saturated heterocycles. The molecule has 27 heavy (non-hydrogen) atoms. The van der Waals surface area contributed by atoms with Gasteiger partial charge in [-0.25, -0.2) is 0 Å². The molecule has 0 amide bonds. The standard InChI is InChI=1S/C22H40O4.Na/c1-2-3-4-5-6-7-8-9-10-11-12-13-14-15-16-17-20-26-22(25)19-18-21(23)24;/h9-10H,2-8,11-20H2,1H3,(H,23,24);/q;+1/p-1/b10-9-;. The summed E-state index contributed by atoms with van der Waals surface area (Å²) in [4.78, 5) is 21.4. The summed E-state index contributed by atoms with van der Waals surface area (Å²) < 4.78 is 4.97. The molecule has 0 aromatic heterocycles. The molecule has 0 spiro atoms. The largest absolute Gasteiger partial charge is 1.00 e. The second-order valence-corrected chi connectivity index (χ2v) is 7.03. The van der Waals surface area contributed by atoms with E-state index < -0.39 is 11.9 Å². The molecule has 0 fully saturated rings. The number of unbranched alkanes of at least 4 members (excludes halogenated alkanes) is 12. The average Bonchev–Trinajstić information content (AvgIpc) is 2.62. The number of carboxylic acids is 1. The maximum Gasteiger partial charge on any atom is 1.00 e. The molecule has 0 unspecified atom stereocenters. The third-order valence-electron chi connectivity index (χ3n) is 4.45. The van der Waals surface area contributed by atoms with Gasteiger partial charge >= 0.3 is 35.5 Å². The number of hydrogen-bond donors (Lipinski definition) is 0. The molecule has 0 aliphatic rings. The molecule has 0 aromatic rings. The van der Waals surface area contributed by atoms with E-state index in [1.807, 2.05) is 0 Å². The molecule has 4 nitrogen and oxygen atoms in total. The number of carbonyl (C=O) groups is 2. The van der Waals surface area contributed by atoms with Gasteiger partial charge in [-0.1, -0.05) is 76.9 Å². The van der Waals surface area contributed by atoms with Crippen molar-refractivity contribution in [2.75, 3.05) is 6.61 Å². The smallest absolute Gasteiger partial charge is 0.550 e. The number of hydrogen-bond acceptors (Lipinski definition) is 4. The molecule has 0 atom stereocenters. The van der Waals surface area contributed by atoms with Crippen LogP contribution < -0.4 is 34.7 Å². The van der Waals surface area contributed by atoms with Gasteiger partial charge in [0.25, 0.3) is 0 Å². The quantitative estimate of drug-likeness (QED) is 0.147. The van der Waals surface area contributed by atoms with E-state index in [4.69, 9.17) is 4.74 Å². The Morgan fingerprint density at radius 2 is 1.22 bits per heavy atom. The Kier molecular flexibility index (Phi) is 25.4.